The number of piperidine rings is 1. The minimum Gasteiger partial charge on any atom is -0.325 e. The molecule has 0 unspecified atom stereocenters. The van der Waals surface area contributed by atoms with E-state index in [2.05, 4.69) is 12.2 Å². The number of anilines is 1. The lowest BCUT2D eigenvalue weighted by molar-refractivity contribution is -0.124. The van der Waals surface area contributed by atoms with Crippen LogP contribution in [0.1, 0.15) is 25.3 Å². The summed E-state index contributed by atoms with van der Waals surface area (Å²) in [4.78, 5) is 25.0. The maximum absolute atomic E-state index is 11.9. The van der Waals surface area contributed by atoms with Crippen molar-refractivity contribution in [3.63, 3.8) is 0 Å². The molecule has 1 heterocycles. The van der Waals surface area contributed by atoms with Crippen molar-refractivity contribution < 1.29 is 9.59 Å². The van der Waals surface area contributed by atoms with Crippen LogP contribution < -0.4 is 5.32 Å². The van der Waals surface area contributed by atoms with Crippen molar-refractivity contribution in [3.8, 4) is 0 Å². The molecule has 4 nitrogen and oxygen atoms in total. The van der Waals surface area contributed by atoms with Crippen molar-refractivity contribution in [1.82, 2.24) is 4.90 Å². The van der Waals surface area contributed by atoms with Crippen molar-refractivity contribution in [2.24, 2.45) is 0 Å². The SMILES string of the molecule is CCc1ccc(NC(=O)CN2CCC(=O)CC2)cc1. The molecular formula is C15H20N2O2. The highest BCUT2D eigenvalue weighted by Gasteiger charge is 2.18. The van der Waals surface area contributed by atoms with E-state index in [1.807, 2.05) is 29.2 Å². The summed E-state index contributed by atoms with van der Waals surface area (Å²) in [6.07, 6.45) is 2.13. The van der Waals surface area contributed by atoms with Crippen LogP contribution in [0.25, 0.3) is 0 Å². The number of amides is 1. The summed E-state index contributed by atoms with van der Waals surface area (Å²) in [7, 11) is 0. The first kappa shape index (κ1) is 13.7. The highest BCUT2D eigenvalue weighted by molar-refractivity contribution is 5.92. The Kier molecular flexibility index (Phi) is 4.68. The van der Waals surface area contributed by atoms with Gasteiger partial charge in [-0.25, -0.2) is 0 Å². The molecule has 0 bridgehead atoms. The van der Waals surface area contributed by atoms with Gasteiger partial charge in [0.2, 0.25) is 5.91 Å². The third-order valence-corrected chi connectivity index (χ3v) is 3.43. The number of hydrogen-bond acceptors (Lipinski definition) is 3. The van der Waals surface area contributed by atoms with Crippen LogP contribution in [0, 0.1) is 0 Å². The Hall–Kier alpha value is -1.68. The van der Waals surface area contributed by atoms with E-state index in [9.17, 15) is 9.59 Å². The molecule has 1 saturated heterocycles. The maximum atomic E-state index is 11.9. The monoisotopic (exact) mass is 260 g/mol. The number of nitrogens with one attached hydrogen (secondary N) is 1. The third-order valence-electron chi connectivity index (χ3n) is 3.43. The number of Topliss-reactive ketones (excluding diaryl/α,β-unsaturated/α-hetero) is 1. The van der Waals surface area contributed by atoms with Gasteiger partial charge in [0.15, 0.2) is 0 Å². The zero-order chi connectivity index (χ0) is 13.7. The fourth-order valence-corrected chi connectivity index (χ4v) is 2.19. The summed E-state index contributed by atoms with van der Waals surface area (Å²) in [5, 5.41) is 2.89. The van der Waals surface area contributed by atoms with Gasteiger partial charge in [0.05, 0.1) is 6.54 Å². The van der Waals surface area contributed by atoms with E-state index in [1.165, 1.54) is 5.56 Å². The molecule has 1 amide bonds. The molecule has 1 aliphatic heterocycles. The average molecular weight is 260 g/mol. The highest BCUT2D eigenvalue weighted by Crippen LogP contribution is 2.10. The van der Waals surface area contributed by atoms with Crippen LogP contribution in [-0.4, -0.2) is 36.2 Å². The molecule has 1 fully saturated rings. The molecule has 1 aliphatic rings. The fourth-order valence-electron chi connectivity index (χ4n) is 2.19. The molecule has 19 heavy (non-hydrogen) atoms. The van der Waals surface area contributed by atoms with Crippen LogP contribution in [0.3, 0.4) is 0 Å². The van der Waals surface area contributed by atoms with Gasteiger partial charge in [-0.3, -0.25) is 14.5 Å². The second kappa shape index (κ2) is 6.48. The summed E-state index contributed by atoms with van der Waals surface area (Å²) in [5.74, 6) is 0.283. The van der Waals surface area contributed by atoms with E-state index in [0.717, 1.165) is 12.1 Å². The molecule has 2 rings (SSSR count). The van der Waals surface area contributed by atoms with Gasteiger partial charge in [0, 0.05) is 31.6 Å². The summed E-state index contributed by atoms with van der Waals surface area (Å²) in [6.45, 7) is 3.86. The van der Waals surface area contributed by atoms with E-state index < -0.39 is 0 Å². The summed E-state index contributed by atoms with van der Waals surface area (Å²) in [5.41, 5.74) is 2.09. The summed E-state index contributed by atoms with van der Waals surface area (Å²) < 4.78 is 0. The minimum absolute atomic E-state index is 0.0152. The lowest BCUT2D eigenvalue weighted by Crippen LogP contribution is -2.39. The van der Waals surface area contributed by atoms with E-state index in [0.29, 0.717) is 38.3 Å². The molecular weight excluding hydrogens is 240 g/mol. The number of nitrogens with zero attached hydrogens (tertiary/aromatic N) is 1. The quantitative estimate of drug-likeness (QED) is 0.899. The van der Waals surface area contributed by atoms with Crippen molar-refractivity contribution in [3.05, 3.63) is 29.8 Å². The molecule has 1 N–H and O–H groups in total. The largest absolute Gasteiger partial charge is 0.325 e. The van der Waals surface area contributed by atoms with Gasteiger partial charge in [-0.1, -0.05) is 19.1 Å². The molecule has 102 valence electrons. The number of carbonyl (C=O) groups is 2. The first-order valence-corrected chi connectivity index (χ1v) is 6.80. The van der Waals surface area contributed by atoms with Crippen molar-refractivity contribution in [2.75, 3.05) is 25.0 Å². The topological polar surface area (TPSA) is 49.4 Å². The average Bonchev–Trinajstić information content (AvgIpc) is 2.42. The molecule has 0 saturated carbocycles. The number of ketones is 1. The van der Waals surface area contributed by atoms with Gasteiger partial charge in [-0.2, -0.15) is 0 Å². The Morgan fingerprint density at radius 1 is 1.21 bits per heavy atom. The van der Waals surface area contributed by atoms with E-state index in [4.69, 9.17) is 0 Å². The van der Waals surface area contributed by atoms with E-state index >= 15 is 0 Å². The Labute approximate surface area is 113 Å². The van der Waals surface area contributed by atoms with Gasteiger partial charge < -0.3 is 5.32 Å². The van der Waals surface area contributed by atoms with Crippen LogP contribution in [0.4, 0.5) is 5.69 Å². The van der Waals surface area contributed by atoms with Crippen LogP contribution in [0.15, 0.2) is 24.3 Å². The molecule has 0 spiro atoms. The first-order chi connectivity index (χ1) is 9.17. The second-order valence-electron chi connectivity index (χ2n) is 4.91. The van der Waals surface area contributed by atoms with Crippen molar-refractivity contribution in [2.45, 2.75) is 26.2 Å². The molecule has 0 atom stereocenters. The number of benzene rings is 1. The van der Waals surface area contributed by atoms with Crippen LogP contribution >= 0.6 is 0 Å². The number of rotatable bonds is 4. The number of carbonyl (C=O) groups excluding carboxylic acids is 2. The Morgan fingerprint density at radius 3 is 2.42 bits per heavy atom. The van der Waals surface area contributed by atoms with Gasteiger partial charge in [0.1, 0.15) is 5.78 Å². The first-order valence-electron chi connectivity index (χ1n) is 6.80. The molecule has 0 radical (unpaired) electrons. The Bertz CT molecular complexity index is 444. The van der Waals surface area contributed by atoms with Crippen LogP contribution in [0.2, 0.25) is 0 Å². The predicted octanol–water partition coefficient (Wildman–Crippen LogP) is 1.85. The van der Waals surface area contributed by atoms with E-state index in [-0.39, 0.29) is 5.91 Å². The number of likely N-dealkylation sites (tertiary alicyclic amines) is 1. The van der Waals surface area contributed by atoms with Gasteiger partial charge >= 0.3 is 0 Å². The summed E-state index contributed by atoms with van der Waals surface area (Å²) in [6, 6.07) is 7.90. The van der Waals surface area contributed by atoms with Gasteiger partial charge in [-0.05, 0) is 24.1 Å². The Morgan fingerprint density at radius 2 is 1.84 bits per heavy atom. The maximum Gasteiger partial charge on any atom is 0.238 e. The summed E-state index contributed by atoms with van der Waals surface area (Å²) >= 11 is 0. The third kappa shape index (κ3) is 4.17. The van der Waals surface area contributed by atoms with Gasteiger partial charge in [0.25, 0.3) is 0 Å². The highest BCUT2D eigenvalue weighted by atomic mass is 16.2. The minimum atomic E-state index is -0.0152. The normalized spacial score (nSPS) is 16.4. The molecule has 1 aromatic rings. The smallest absolute Gasteiger partial charge is 0.238 e. The molecule has 4 heteroatoms. The van der Waals surface area contributed by atoms with Crippen molar-refractivity contribution >= 4 is 17.4 Å². The predicted molar refractivity (Wildman–Crippen MR) is 75.1 cm³/mol. The second-order valence-corrected chi connectivity index (χ2v) is 4.91. The zero-order valence-electron chi connectivity index (χ0n) is 11.3. The van der Waals surface area contributed by atoms with E-state index in [1.54, 1.807) is 0 Å². The van der Waals surface area contributed by atoms with Crippen molar-refractivity contribution in [1.29, 1.82) is 0 Å². The lowest BCUT2D eigenvalue weighted by atomic mass is 10.1. The van der Waals surface area contributed by atoms with Crippen LogP contribution in [0.5, 0.6) is 0 Å². The molecule has 0 aromatic heterocycles. The number of aryl methyl sites for hydroxylation is 1. The molecule has 0 aliphatic carbocycles. The van der Waals surface area contributed by atoms with Gasteiger partial charge in [-0.15, -0.1) is 0 Å². The Balaban J connectivity index is 1.81. The standard InChI is InChI=1S/C15H20N2O2/c1-2-12-3-5-13(6-4-12)16-15(19)11-17-9-7-14(18)8-10-17/h3-6H,2,7-11H2,1H3,(H,16,19). The fraction of sp³-hybridized carbons (Fsp3) is 0.467. The lowest BCUT2D eigenvalue weighted by Gasteiger charge is -2.24. The number of hydrogen-bond donors (Lipinski definition) is 1. The zero-order valence-corrected chi connectivity index (χ0v) is 11.3. The van der Waals surface area contributed by atoms with Crippen LogP contribution in [-0.2, 0) is 16.0 Å². The molecule has 1 aromatic carbocycles.